The first kappa shape index (κ1) is 14.9. The highest BCUT2D eigenvalue weighted by molar-refractivity contribution is 9.10. The average molecular weight is 345 g/mol. The van der Waals surface area contributed by atoms with E-state index in [4.69, 9.17) is 21.2 Å². The third-order valence-electron chi connectivity index (χ3n) is 1.74. The molecule has 0 heterocycles. The van der Waals surface area contributed by atoms with Crippen molar-refractivity contribution >= 4 is 37.6 Å². The number of halogens is 2. The molecule has 0 aromatic heterocycles. The van der Waals surface area contributed by atoms with E-state index in [0.29, 0.717) is 4.47 Å². The molecule has 1 rings (SSSR count). The van der Waals surface area contributed by atoms with Crippen LogP contribution in [0.4, 0.5) is 0 Å². The van der Waals surface area contributed by atoms with Gasteiger partial charge in [0.05, 0.1) is 18.2 Å². The lowest BCUT2D eigenvalue weighted by Crippen LogP contribution is -2.26. The van der Waals surface area contributed by atoms with Gasteiger partial charge < -0.3 is 4.74 Å². The summed E-state index contributed by atoms with van der Waals surface area (Å²) in [6.45, 7) is 0.403. The van der Waals surface area contributed by atoms with Crippen molar-refractivity contribution in [2.45, 2.75) is 4.90 Å². The molecule has 96 valence electrons. The third-order valence-corrected chi connectivity index (χ3v) is 3.93. The van der Waals surface area contributed by atoms with E-state index in [0.717, 1.165) is 0 Å². The Morgan fingerprint density at radius 2 is 2.12 bits per heavy atom. The standard InChI is InChI=1S/C9H11BrClNO4S/c1-15-4-5-16-12-17(13,14)9-3-2-7(10)6-8(9)11/h2-3,6,12H,4-5H2,1H3. The van der Waals surface area contributed by atoms with Gasteiger partial charge in [-0.05, 0) is 18.2 Å². The summed E-state index contributed by atoms with van der Waals surface area (Å²) >= 11 is 9.01. The molecule has 0 unspecified atom stereocenters. The summed E-state index contributed by atoms with van der Waals surface area (Å²) in [5, 5.41) is 0.113. The molecule has 0 radical (unpaired) electrons. The predicted molar refractivity (Wildman–Crippen MR) is 67.3 cm³/mol. The Bertz CT molecular complexity index is 480. The van der Waals surface area contributed by atoms with Crippen LogP contribution in [0.25, 0.3) is 0 Å². The Hall–Kier alpha value is -0.180. The third kappa shape index (κ3) is 4.53. The minimum Gasteiger partial charge on any atom is -0.382 e. The number of benzene rings is 1. The Kier molecular flexibility index (Phi) is 5.84. The molecule has 1 N–H and O–H groups in total. The van der Waals surface area contributed by atoms with Crippen LogP contribution in [0.5, 0.6) is 0 Å². The fourth-order valence-corrected chi connectivity index (χ4v) is 2.85. The summed E-state index contributed by atoms with van der Waals surface area (Å²) in [6, 6.07) is 4.45. The molecule has 8 heteroatoms. The molecule has 0 atom stereocenters. The average Bonchev–Trinajstić information content (AvgIpc) is 2.24. The van der Waals surface area contributed by atoms with Crippen LogP contribution in [0, 0.1) is 0 Å². The van der Waals surface area contributed by atoms with Crippen LogP contribution in [0.15, 0.2) is 27.6 Å². The van der Waals surface area contributed by atoms with Crippen molar-refractivity contribution in [1.82, 2.24) is 4.89 Å². The minimum absolute atomic E-state index is 0.0419. The van der Waals surface area contributed by atoms with Gasteiger partial charge >= 0.3 is 0 Å². The van der Waals surface area contributed by atoms with Gasteiger partial charge in [0.15, 0.2) is 0 Å². The second-order valence-corrected chi connectivity index (χ2v) is 5.94. The van der Waals surface area contributed by atoms with Gasteiger partial charge in [-0.1, -0.05) is 32.4 Å². The van der Waals surface area contributed by atoms with Crippen molar-refractivity contribution in [3.8, 4) is 0 Å². The number of rotatable bonds is 6. The van der Waals surface area contributed by atoms with E-state index in [2.05, 4.69) is 15.9 Å². The van der Waals surface area contributed by atoms with Gasteiger partial charge in [-0.2, -0.15) is 0 Å². The fourth-order valence-electron chi connectivity index (χ4n) is 0.982. The predicted octanol–water partition coefficient (Wildman–Crippen LogP) is 1.96. The lowest BCUT2D eigenvalue weighted by atomic mass is 10.4. The minimum atomic E-state index is -3.77. The van der Waals surface area contributed by atoms with Crippen molar-refractivity contribution in [1.29, 1.82) is 0 Å². The molecule has 5 nitrogen and oxygen atoms in total. The summed E-state index contributed by atoms with van der Waals surface area (Å²) in [7, 11) is -2.28. The van der Waals surface area contributed by atoms with E-state index in [9.17, 15) is 8.42 Å². The molecule has 0 aliphatic heterocycles. The first-order valence-electron chi connectivity index (χ1n) is 4.55. The highest BCUT2D eigenvalue weighted by Crippen LogP contribution is 2.24. The van der Waals surface area contributed by atoms with E-state index in [1.165, 1.54) is 19.2 Å². The quantitative estimate of drug-likeness (QED) is 0.633. The van der Waals surface area contributed by atoms with E-state index in [-0.39, 0.29) is 23.1 Å². The van der Waals surface area contributed by atoms with Crippen LogP contribution >= 0.6 is 27.5 Å². The number of methoxy groups -OCH3 is 1. The lowest BCUT2D eigenvalue weighted by molar-refractivity contribution is 0.0438. The normalized spacial score (nSPS) is 11.7. The maximum absolute atomic E-state index is 11.8. The van der Waals surface area contributed by atoms with Gasteiger partial charge in [0.2, 0.25) is 0 Å². The Morgan fingerprint density at radius 1 is 1.41 bits per heavy atom. The maximum atomic E-state index is 11.8. The van der Waals surface area contributed by atoms with Crippen molar-refractivity contribution in [2.24, 2.45) is 0 Å². The first-order chi connectivity index (χ1) is 7.97. The molecule has 0 amide bonds. The van der Waals surface area contributed by atoms with E-state index < -0.39 is 10.0 Å². The lowest BCUT2D eigenvalue weighted by Gasteiger charge is -2.08. The molecule has 1 aromatic rings. The van der Waals surface area contributed by atoms with Crippen molar-refractivity contribution < 1.29 is 18.0 Å². The molecule has 17 heavy (non-hydrogen) atoms. The molecule has 1 aromatic carbocycles. The second kappa shape index (κ2) is 6.67. The molecule has 0 saturated heterocycles. The van der Waals surface area contributed by atoms with E-state index in [1.54, 1.807) is 6.07 Å². The maximum Gasteiger partial charge on any atom is 0.263 e. The molecular weight excluding hydrogens is 334 g/mol. The number of hydrogen-bond donors (Lipinski definition) is 1. The smallest absolute Gasteiger partial charge is 0.263 e. The summed E-state index contributed by atoms with van der Waals surface area (Å²) in [4.78, 5) is 6.67. The van der Waals surface area contributed by atoms with Crippen LogP contribution in [0.2, 0.25) is 5.02 Å². The Balaban J connectivity index is 2.76. The van der Waals surface area contributed by atoms with Crippen molar-refractivity contribution in [2.75, 3.05) is 20.3 Å². The monoisotopic (exact) mass is 343 g/mol. The topological polar surface area (TPSA) is 64.6 Å². The highest BCUT2D eigenvalue weighted by Gasteiger charge is 2.17. The van der Waals surface area contributed by atoms with Gasteiger partial charge in [-0.3, -0.25) is 4.84 Å². The van der Waals surface area contributed by atoms with Crippen LogP contribution in [-0.4, -0.2) is 28.7 Å². The van der Waals surface area contributed by atoms with Crippen molar-refractivity contribution in [3.63, 3.8) is 0 Å². The SMILES string of the molecule is COCCONS(=O)(=O)c1ccc(Br)cc1Cl. The second-order valence-electron chi connectivity index (χ2n) is 3.00. The molecule has 0 aliphatic carbocycles. The van der Waals surface area contributed by atoms with Gasteiger partial charge in [0.1, 0.15) is 4.90 Å². The molecule has 0 bridgehead atoms. The largest absolute Gasteiger partial charge is 0.382 e. The van der Waals surface area contributed by atoms with Crippen molar-refractivity contribution in [3.05, 3.63) is 27.7 Å². The molecule has 0 aliphatic rings. The van der Waals surface area contributed by atoms with Crippen LogP contribution in [0.1, 0.15) is 0 Å². The number of nitrogens with one attached hydrogen (secondary N) is 1. The van der Waals surface area contributed by atoms with Gasteiger partial charge in [0.25, 0.3) is 10.0 Å². The zero-order valence-electron chi connectivity index (χ0n) is 8.94. The molecular formula is C9H11BrClNO4S. The van der Waals surface area contributed by atoms with Gasteiger partial charge in [-0.15, -0.1) is 0 Å². The van der Waals surface area contributed by atoms with Gasteiger partial charge in [0, 0.05) is 11.6 Å². The molecule has 0 fully saturated rings. The molecule has 0 saturated carbocycles. The van der Waals surface area contributed by atoms with E-state index >= 15 is 0 Å². The zero-order valence-corrected chi connectivity index (χ0v) is 12.1. The zero-order chi connectivity index (χ0) is 12.9. The summed E-state index contributed by atoms with van der Waals surface area (Å²) in [5.74, 6) is 0. The number of ether oxygens (including phenoxy) is 1. The first-order valence-corrected chi connectivity index (χ1v) is 7.20. The summed E-state index contributed by atoms with van der Waals surface area (Å²) < 4.78 is 28.9. The van der Waals surface area contributed by atoms with Crippen LogP contribution < -0.4 is 4.89 Å². The Labute approximate surface area is 113 Å². The number of hydrogen-bond acceptors (Lipinski definition) is 4. The van der Waals surface area contributed by atoms with Crippen LogP contribution in [-0.2, 0) is 19.6 Å². The molecule has 0 spiro atoms. The highest BCUT2D eigenvalue weighted by atomic mass is 79.9. The Morgan fingerprint density at radius 3 is 2.71 bits per heavy atom. The fraction of sp³-hybridized carbons (Fsp3) is 0.333. The van der Waals surface area contributed by atoms with Crippen LogP contribution in [0.3, 0.4) is 0 Å². The van der Waals surface area contributed by atoms with E-state index in [1.807, 2.05) is 4.89 Å². The summed E-state index contributed by atoms with van der Waals surface area (Å²) in [6.07, 6.45) is 0. The van der Waals surface area contributed by atoms with Gasteiger partial charge in [-0.25, -0.2) is 8.42 Å². The number of sulfonamides is 1. The summed E-state index contributed by atoms with van der Waals surface area (Å²) in [5.41, 5.74) is 0.